The lowest BCUT2D eigenvalue weighted by molar-refractivity contribution is -0.302. The maximum Gasteiger partial charge on any atom is 0.220 e. The Morgan fingerprint density at radius 2 is 0.849 bits per heavy atom. The Balaban J connectivity index is 2.24. The highest BCUT2D eigenvalue weighted by molar-refractivity contribution is 5.76. The Morgan fingerprint density at radius 3 is 1.26 bits per heavy atom. The van der Waals surface area contributed by atoms with Gasteiger partial charge in [0.1, 0.15) is 24.4 Å². The second kappa shape index (κ2) is 52.5. The van der Waals surface area contributed by atoms with Gasteiger partial charge in [-0.25, -0.2) is 0 Å². The summed E-state index contributed by atoms with van der Waals surface area (Å²) < 4.78 is 11.3. The van der Waals surface area contributed by atoms with Gasteiger partial charge in [-0.3, -0.25) is 4.79 Å². The molecule has 1 amide bonds. The number of rotatable bonds is 50. The van der Waals surface area contributed by atoms with Crippen LogP contribution in [0.5, 0.6) is 0 Å². The number of aliphatic hydroxyl groups is 5. The van der Waals surface area contributed by atoms with Gasteiger partial charge in [-0.15, -0.1) is 0 Å². The standard InChI is InChI=1S/C64H111NO8/c1-3-5-7-9-11-13-15-17-19-21-23-25-26-27-28-29-30-31-32-34-36-38-40-42-44-46-48-50-52-54-60(68)65-57(56-72-64-63(71)62(70)61(69)59(55-66)73-64)58(67)53-51-49-47-45-43-41-39-37-35-33-24-22-20-18-16-14-12-10-8-6-4-2/h5,7,11,13,17,19,23,25,27-28,30-31,34,36,40,42,57-59,61-64,66-67,69-71H,3-4,6,8-10,12,14-16,18,20-22,24,26,29,32-33,35,37-39,41,43-56H2,1-2H3,(H,65,68)/b7-5-,13-11-,19-17-,25-23-,28-27-,31-30-,36-34-,42-40-. The number of allylic oxidation sites excluding steroid dienone is 16. The second-order valence-electron chi connectivity index (χ2n) is 20.4. The SMILES string of the molecule is CC/C=C\C/C=C\C/C=C\C/C=C\C/C=C\C/C=C\C/C=C\C/C=C\CCCCCCC(=O)NC(COC1OC(CO)C(O)C(O)C1O)C(O)CCCCCCCCCCCCCCCCCCCCCCC. The zero-order valence-electron chi connectivity index (χ0n) is 46.6. The molecule has 1 aliphatic heterocycles. The molecular weight excluding hydrogens is 911 g/mol. The number of hydrogen-bond acceptors (Lipinski definition) is 8. The molecule has 73 heavy (non-hydrogen) atoms. The molecule has 1 heterocycles. The molecule has 9 heteroatoms. The molecule has 6 N–H and O–H groups in total. The molecule has 0 saturated carbocycles. The van der Waals surface area contributed by atoms with Crippen molar-refractivity contribution in [3.8, 4) is 0 Å². The Kier molecular flexibility index (Phi) is 49.0. The summed E-state index contributed by atoms with van der Waals surface area (Å²) in [6.07, 6.45) is 68.6. The van der Waals surface area contributed by atoms with Crippen LogP contribution in [0.3, 0.4) is 0 Å². The lowest BCUT2D eigenvalue weighted by atomic mass is 9.99. The predicted octanol–water partition coefficient (Wildman–Crippen LogP) is 15.2. The van der Waals surface area contributed by atoms with Gasteiger partial charge in [0, 0.05) is 6.42 Å². The largest absolute Gasteiger partial charge is 0.394 e. The van der Waals surface area contributed by atoms with Crippen LogP contribution in [0.1, 0.15) is 245 Å². The summed E-state index contributed by atoms with van der Waals surface area (Å²) in [6.45, 7) is 3.72. The van der Waals surface area contributed by atoms with Gasteiger partial charge in [0.15, 0.2) is 6.29 Å². The third-order valence-corrected chi connectivity index (χ3v) is 13.7. The minimum absolute atomic E-state index is 0.154. The maximum atomic E-state index is 13.1. The summed E-state index contributed by atoms with van der Waals surface area (Å²) in [5, 5.41) is 54.7. The zero-order chi connectivity index (χ0) is 52.9. The van der Waals surface area contributed by atoms with Crippen molar-refractivity contribution < 1.29 is 39.8 Å². The van der Waals surface area contributed by atoms with E-state index in [1.165, 1.54) is 116 Å². The van der Waals surface area contributed by atoms with Crippen LogP contribution in [0.15, 0.2) is 97.2 Å². The molecule has 0 radical (unpaired) electrons. The summed E-state index contributed by atoms with van der Waals surface area (Å²) in [7, 11) is 0. The van der Waals surface area contributed by atoms with Gasteiger partial charge in [0.05, 0.1) is 25.4 Å². The summed E-state index contributed by atoms with van der Waals surface area (Å²) >= 11 is 0. The molecule has 1 saturated heterocycles. The van der Waals surface area contributed by atoms with E-state index in [9.17, 15) is 30.3 Å². The topological polar surface area (TPSA) is 149 Å². The van der Waals surface area contributed by atoms with Crippen molar-refractivity contribution >= 4 is 5.91 Å². The van der Waals surface area contributed by atoms with E-state index in [4.69, 9.17) is 9.47 Å². The van der Waals surface area contributed by atoms with Crippen LogP contribution in [0, 0.1) is 0 Å². The average molecular weight is 1020 g/mol. The Bertz CT molecular complexity index is 1460. The summed E-state index contributed by atoms with van der Waals surface area (Å²) in [6, 6.07) is -0.741. The van der Waals surface area contributed by atoms with E-state index < -0.39 is 49.5 Å². The number of hydrogen-bond donors (Lipinski definition) is 6. The molecule has 1 rings (SSSR count). The molecular formula is C64H111NO8. The van der Waals surface area contributed by atoms with Crippen molar-refractivity contribution in [1.29, 1.82) is 0 Å². The highest BCUT2D eigenvalue weighted by Crippen LogP contribution is 2.23. The first-order valence-electron chi connectivity index (χ1n) is 29.9. The van der Waals surface area contributed by atoms with Crippen molar-refractivity contribution in [2.75, 3.05) is 13.2 Å². The fourth-order valence-electron chi connectivity index (χ4n) is 9.00. The molecule has 9 nitrogen and oxygen atoms in total. The first-order chi connectivity index (χ1) is 35.8. The summed E-state index contributed by atoms with van der Waals surface area (Å²) in [4.78, 5) is 13.1. The van der Waals surface area contributed by atoms with Crippen molar-refractivity contribution in [1.82, 2.24) is 5.32 Å². The molecule has 0 aromatic rings. The van der Waals surface area contributed by atoms with Gasteiger partial charge in [-0.2, -0.15) is 0 Å². The fraction of sp³-hybridized carbons (Fsp3) is 0.734. The van der Waals surface area contributed by atoms with Gasteiger partial charge in [-0.1, -0.05) is 259 Å². The molecule has 7 atom stereocenters. The van der Waals surface area contributed by atoms with Crippen LogP contribution in [0.2, 0.25) is 0 Å². The van der Waals surface area contributed by atoms with Crippen LogP contribution >= 0.6 is 0 Å². The Labute approximate surface area is 447 Å². The van der Waals surface area contributed by atoms with Crippen LogP contribution in [0.4, 0.5) is 0 Å². The number of aliphatic hydroxyl groups excluding tert-OH is 5. The van der Waals surface area contributed by atoms with E-state index in [1.54, 1.807) is 0 Å². The van der Waals surface area contributed by atoms with E-state index in [0.29, 0.717) is 12.8 Å². The van der Waals surface area contributed by atoms with Gasteiger partial charge in [0.2, 0.25) is 5.91 Å². The number of unbranched alkanes of at least 4 members (excludes halogenated alkanes) is 24. The Hall–Kier alpha value is -2.89. The number of carbonyl (C=O) groups is 1. The predicted molar refractivity (Wildman–Crippen MR) is 308 cm³/mol. The van der Waals surface area contributed by atoms with Crippen molar-refractivity contribution in [2.45, 2.75) is 288 Å². The van der Waals surface area contributed by atoms with E-state index in [2.05, 4.69) is 116 Å². The first kappa shape index (κ1) is 68.1. The third-order valence-electron chi connectivity index (χ3n) is 13.7. The summed E-state index contributed by atoms with van der Waals surface area (Å²) in [5.74, 6) is -0.170. The number of nitrogens with one attached hydrogen (secondary N) is 1. The lowest BCUT2D eigenvalue weighted by Crippen LogP contribution is -2.60. The van der Waals surface area contributed by atoms with Gasteiger partial charge >= 0.3 is 0 Å². The molecule has 7 unspecified atom stereocenters. The fourth-order valence-corrected chi connectivity index (χ4v) is 9.00. The van der Waals surface area contributed by atoms with E-state index in [1.807, 2.05) is 0 Å². The molecule has 0 aromatic heterocycles. The van der Waals surface area contributed by atoms with Crippen LogP contribution in [0.25, 0.3) is 0 Å². The van der Waals surface area contributed by atoms with Gasteiger partial charge in [0.25, 0.3) is 0 Å². The minimum Gasteiger partial charge on any atom is -0.394 e. The highest BCUT2D eigenvalue weighted by atomic mass is 16.7. The highest BCUT2D eigenvalue weighted by Gasteiger charge is 2.44. The average Bonchev–Trinajstić information content (AvgIpc) is 3.39. The zero-order valence-corrected chi connectivity index (χ0v) is 46.6. The van der Waals surface area contributed by atoms with Crippen molar-refractivity contribution in [3.05, 3.63) is 97.2 Å². The molecule has 0 spiro atoms. The molecule has 0 aromatic carbocycles. The van der Waals surface area contributed by atoms with Crippen molar-refractivity contribution in [3.63, 3.8) is 0 Å². The maximum absolute atomic E-state index is 13.1. The Morgan fingerprint density at radius 1 is 0.479 bits per heavy atom. The smallest absolute Gasteiger partial charge is 0.220 e. The number of amides is 1. The normalized spacial score (nSPS) is 19.8. The molecule has 420 valence electrons. The van der Waals surface area contributed by atoms with Gasteiger partial charge < -0.3 is 40.3 Å². The first-order valence-corrected chi connectivity index (χ1v) is 29.9. The summed E-state index contributed by atoms with van der Waals surface area (Å²) in [5.41, 5.74) is 0. The molecule has 0 bridgehead atoms. The lowest BCUT2D eigenvalue weighted by Gasteiger charge is -2.40. The number of ether oxygens (including phenoxy) is 2. The van der Waals surface area contributed by atoms with E-state index >= 15 is 0 Å². The van der Waals surface area contributed by atoms with Crippen LogP contribution in [-0.2, 0) is 14.3 Å². The monoisotopic (exact) mass is 1020 g/mol. The van der Waals surface area contributed by atoms with E-state index in [0.717, 1.165) is 103 Å². The van der Waals surface area contributed by atoms with Gasteiger partial charge in [-0.05, 0) is 77.0 Å². The van der Waals surface area contributed by atoms with Crippen LogP contribution in [-0.4, -0.2) is 87.5 Å². The minimum atomic E-state index is -1.56. The molecule has 1 aliphatic rings. The number of carbonyl (C=O) groups excluding carboxylic acids is 1. The molecule has 0 aliphatic carbocycles. The third kappa shape index (κ3) is 42.0. The quantitative estimate of drug-likeness (QED) is 0.0261. The van der Waals surface area contributed by atoms with E-state index in [-0.39, 0.29) is 12.5 Å². The molecule has 1 fully saturated rings. The van der Waals surface area contributed by atoms with Crippen molar-refractivity contribution in [2.24, 2.45) is 0 Å². The second-order valence-corrected chi connectivity index (χ2v) is 20.4. The van der Waals surface area contributed by atoms with Crippen LogP contribution < -0.4 is 5.32 Å².